The second-order valence-corrected chi connectivity index (χ2v) is 4.42. The summed E-state index contributed by atoms with van der Waals surface area (Å²) < 4.78 is 17.3. The van der Waals surface area contributed by atoms with E-state index in [0.29, 0.717) is 19.0 Å². The zero-order valence-electron chi connectivity index (χ0n) is 12.1. The van der Waals surface area contributed by atoms with Crippen LogP contribution in [-0.4, -0.2) is 35.3 Å². The first-order valence-corrected chi connectivity index (χ1v) is 6.66. The normalized spacial score (nSPS) is 12.3. The smallest absolute Gasteiger partial charge is 0.343 e. The Morgan fingerprint density at radius 3 is 2.81 bits per heavy atom. The molecule has 0 amide bonds. The molecule has 1 unspecified atom stereocenters. The number of aromatic nitrogens is 3. The van der Waals surface area contributed by atoms with E-state index < -0.39 is 0 Å². The van der Waals surface area contributed by atoms with Crippen molar-refractivity contribution in [2.75, 3.05) is 20.5 Å². The number of hydrogen-bond donors (Lipinski definition) is 1. The van der Waals surface area contributed by atoms with Gasteiger partial charge in [-0.05, 0) is 19.1 Å². The first-order valence-electron chi connectivity index (χ1n) is 6.66. The van der Waals surface area contributed by atoms with Crippen LogP contribution in [0.25, 0.3) is 0 Å². The fourth-order valence-electron chi connectivity index (χ4n) is 1.87. The van der Waals surface area contributed by atoms with Crippen molar-refractivity contribution in [2.24, 2.45) is 0 Å². The zero-order valence-corrected chi connectivity index (χ0v) is 12.1. The lowest BCUT2D eigenvalue weighted by Gasteiger charge is -2.13. The lowest BCUT2D eigenvalue weighted by molar-refractivity contribution is -0.0705. The Kier molecular flexibility index (Phi) is 5.53. The van der Waals surface area contributed by atoms with Gasteiger partial charge < -0.3 is 14.2 Å². The number of ether oxygens (including phenoxy) is 3. The Hall–Kier alpha value is -2.12. The second-order valence-electron chi connectivity index (χ2n) is 4.42. The van der Waals surface area contributed by atoms with E-state index in [1.807, 2.05) is 37.3 Å². The van der Waals surface area contributed by atoms with Crippen LogP contribution in [-0.2, 0) is 16.0 Å². The van der Waals surface area contributed by atoms with Crippen molar-refractivity contribution in [3.05, 3.63) is 46.6 Å². The van der Waals surface area contributed by atoms with Crippen molar-refractivity contribution in [2.45, 2.75) is 19.6 Å². The van der Waals surface area contributed by atoms with Gasteiger partial charge in [0, 0.05) is 7.11 Å². The van der Waals surface area contributed by atoms with Crippen LogP contribution in [0, 0.1) is 0 Å². The summed E-state index contributed by atoms with van der Waals surface area (Å²) in [4.78, 5) is 11.8. The fraction of sp³-hybridized carbons (Fsp3) is 0.429. The van der Waals surface area contributed by atoms with Crippen LogP contribution in [0.4, 0.5) is 0 Å². The molecule has 0 fully saturated rings. The molecule has 114 valence electrons. The Balaban J connectivity index is 1.96. The van der Waals surface area contributed by atoms with Crippen molar-refractivity contribution in [1.29, 1.82) is 0 Å². The van der Waals surface area contributed by atoms with Crippen LogP contribution in [0.1, 0.15) is 18.9 Å². The van der Waals surface area contributed by atoms with Crippen LogP contribution in [0.15, 0.2) is 35.1 Å². The van der Waals surface area contributed by atoms with E-state index in [1.54, 1.807) is 0 Å². The number of hydrogen-bond acceptors (Lipinski definition) is 5. The summed E-state index contributed by atoms with van der Waals surface area (Å²) in [5.41, 5.74) is -0.283. The van der Waals surface area contributed by atoms with E-state index in [2.05, 4.69) is 10.2 Å². The van der Waals surface area contributed by atoms with Gasteiger partial charge in [-0.25, -0.2) is 9.89 Å². The first-order chi connectivity index (χ1) is 10.2. The molecule has 0 aliphatic rings. The number of methoxy groups -OCH3 is 1. The summed E-state index contributed by atoms with van der Waals surface area (Å²) in [6.07, 6.45) is -0.347. The Bertz CT molecular complexity index is 594. The minimum Gasteiger partial charge on any atom is -0.492 e. The molecular formula is C14H19N3O4. The minimum absolute atomic E-state index is 0.142. The van der Waals surface area contributed by atoms with E-state index in [-0.39, 0.29) is 18.6 Å². The van der Waals surface area contributed by atoms with E-state index in [4.69, 9.17) is 14.2 Å². The lowest BCUT2D eigenvalue weighted by Crippen LogP contribution is -2.24. The van der Waals surface area contributed by atoms with Crippen molar-refractivity contribution < 1.29 is 14.2 Å². The quantitative estimate of drug-likeness (QED) is 0.743. The van der Waals surface area contributed by atoms with Crippen molar-refractivity contribution >= 4 is 0 Å². The van der Waals surface area contributed by atoms with Crippen LogP contribution in [0.5, 0.6) is 5.75 Å². The molecule has 0 aliphatic heterocycles. The molecule has 7 nitrogen and oxygen atoms in total. The predicted molar refractivity (Wildman–Crippen MR) is 76.2 cm³/mol. The number of nitrogens with one attached hydrogen (secondary N) is 1. The highest BCUT2D eigenvalue weighted by Crippen LogP contribution is 2.12. The van der Waals surface area contributed by atoms with Gasteiger partial charge in [0.2, 0.25) is 0 Å². The van der Waals surface area contributed by atoms with E-state index >= 15 is 0 Å². The molecule has 1 aromatic heterocycles. The standard InChI is InChI=1S/C14H19N3O4/c1-11(21-10-19-2)13-15-16-14(18)17(13)8-9-20-12-6-4-3-5-7-12/h3-7,11H,8-10H2,1-2H3,(H,16,18). The minimum atomic E-state index is -0.347. The van der Waals surface area contributed by atoms with Crippen LogP contribution in [0.3, 0.4) is 0 Å². The third-order valence-electron chi connectivity index (χ3n) is 2.91. The lowest BCUT2D eigenvalue weighted by atomic mass is 10.3. The summed E-state index contributed by atoms with van der Waals surface area (Å²) in [6, 6.07) is 9.43. The summed E-state index contributed by atoms with van der Waals surface area (Å²) in [7, 11) is 1.54. The molecule has 0 aliphatic carbocycles. The van der Waals surface area contributed by atoms with Crippen molar-refractivity contribution in [3.8, 4) is 5.75 Å². The number of rotatable bonds is 8. The van der Waals surface area contributed by atoms with Gasteiger partial charge in [-0.15, -0.1) is 0 Å². The molecule has 1 N–H and O–H groups in total. The molecule has 0 radical (unpaired) electrons. The van der Waals surface area contributed by atoms with Crippen LogP contribution in [0.2, 0.25) is 0 Å². The molecule has 2 aromatic rings. The van der Waals surface area contributed by atoms with Gasteiger partial charge in [0.25, 0.3) is 0 Å². The molecule has 2 rings (SSSR count). The average molecular weight is 293 g/mol. The largest absolute Gasteiger partial charge is 0.492 e. The molecule has 1 atom stereocenters. The van der Waals surface area contributed by atoms with Gasteiger partial charge in [0.1, 0.15) is 25.3 Å². The number of benzene rings is 1. The van der Waals surface area contributed by atoms with Gasteiger partial charge in [0.05, 0.1) is 6.54 Å². The molecule has 1 aromatic carbocycles. The Morgan fingerprint density at radius 1 is 1.33 bits per heavy atom. The molecule has 0 spiro atoms. The van der Waals surface area contributed by atoms with Gasteiger partial charge in [-0.2, -0.15) is 5.10 Å². The third-order valence-corrected chi connectivity index (χ3v) is 2.91. The average Bonchev–Trinajstić information content (AvgIpc) is 2.87. The summed E-state index contributed by atoms with van der Waals surface area (Å²) in [6.45, 7) is 2.71. The maximum absolute atomic E-state index is 11.8. The number of aromatic amines is 1. The second kappa shape index (κ2) is 7.61. The predicted octanol–water partition coefficient (Wildman–Crippen LogP) is 1.33. The fourth-order valence-corrected chi connectivity index (χ4v) is 1.87. The van der Waals surface area contributed by atoms with Crippen LogP contribution < -0.4 is 10.4 Å². The maximum Gasteiger partial charge on any atom is 0.343 e. The highest BCUT2D eigenvalue weighted by molar-refractivity contribution is 5.20. The molecule has 0 bridgehead atoms. The third kappa shape index (κ3) is 4.17. The molecular weight excluding hydrogens is 274 g/mol. The molecule has 21 heavy (non-hydrogen) atoms. The van der Waals surface area contributed by atoms with E-state index in [1.165, 1.54) is 11.7 Å². The topological polar surface area (TPSA) is 78.4 Å². The molecule has 0 saturated carbocycles. The molecule has 1 heterocycles. The summed E-state index contributed by atoms with van der Waals surface area (Å²) >= 11 is 0. The molecule has 7 heteroatoms. The monoisotopic (exact) mass is 293 g/mol. The summed E-state index contributed by atoms with van der Waals surface area (Å²) in [5.74, 6) is 1.29. The van der Waals surface area contributed by atoms with E-state index in [0.717, 1.165) is 5.75 Å². The van der Waals surface area contributed by atoms with Crippen molar-refractivity contribution in [1.82, 2.24) is 14.8 Å². The SMILES string of the molecule is COCOC(C)c1n[nH]c(=O)n1CCOc1ccccc1. The maximum atomic E-state index is 11.8. The number of para-hydroxylation sites is 1. The highest BCUT2D eigenvalue weighted by Gasteiger charge is 2.16. The zero-order chi connectivity index (χ0) is 15.1. The molecule has 0 saturated heterocycles. The van der Waals surface area contributed by atoms with Gasteiger partial charge in [-0.3, -0.25) is 4.57 Å². The van der Waals surface area contributed by atoms with Gasteiger partial charge in [-0.1, -0.05) is 18.2 Å². The van der Waals surface area contributed by atoms with Gasteiger partial charge in [0.15, 0.2) is 5.82 Å². The van der Waals surface area contributed by atoms with Gasteiger partial charge >= 0.3 is 5.69 Å². The van der Waals surface area contributed by atoms with Crippen LogP contribution >= 0.6 is 0 Å². The number of nitrogens with zero attached hydrogens (tertiary/aromatic N) is 2. The van der Waals surface area contributed by atoms with E-state index in [9.17, 15) is 4.79 Å². The summed E-state index contributed by atoms with van der Waals surface area (Å²) in [5, 5.41) is 6.41. The number of H-pyrrole nitrogens is 1. The Labute approximate surface area is 122 Å². The highest BCUT2D eigenvalue weighted by atomic mass is 16.7. The Morgan fingerprint density at radius 2 is 2.10 bits per heavy atom. The van der Waals surface area contributed by atoms with Crippen molar-refractivity contribution in [3.63, 3.8) is 0 Å². The first kappa shape index (κ1) is 15.3.